The number of nitrogens with one attached hydrogen (secondary N) is 2. The van der Waals surface area contributed by atoms with E-state index in [1.165, 1.54) is 0 Å². The van der Waals surface area contributed by atoms with Gasteiger partial charge in [-0.05, 0) is 42.8 Å². The third kappa shape index (κ3) is 4.47. The number of piperazine rings is 1. The quantitative estimate of drug-likeness (QED) is 0.420. The topological polar surface area (TPSA) is 133 Å². The lowest BCUT2D eigenvalue weighted by Crippen LogP contribution is -2.57. The number of hydrogen-bond donors (Lipinski definition) is 3. The highest BCUT2D eigenvalue weighted by atomic mass is 16.2. The highest BCUT2D eigenvalue weighted by Crippen LogP contribution is 2.30. The number of amides is 1. The number of hydrogen-bond acceptors (Lipinski definition) is 8. The van der Waals surface area contributed by atoms with Crippen LogP contribution in [0.15, 0.2) is 60.7 Å². The van der Waals surface area contributed by atoms with Crippen molar-refractivity contribution in [3.8, 4) is 17.3 Å². The molecule has 1 aliphatic heterocycles. The standard InChI is InChI=1S/C26H24N8O/c1-16-5-4-7-18(13-16)30-25(35)22-15-29-11-12-34(22)24-23-21(32-26(28)33-24)10-9-20(31-23)19-8-3-2-6-17(19)14-27/h2-10,13,22,29H,11-12,15H2,1H3,(H,30,35)(H2,28,32,33). The molecule has 1 atom stereocenters. The van der Waals surface area contributed by atoms with Gasteiger partial charge in [-0.1, -0.05) is 30.3 Å². The Balaban J connectivity index is 1.57. The maximum absolute atomic E-state index is 13.3. The number of aromatic nitrogens is 3. The lowest BCUT2D eigenvalue weighted by Gasteiger charge is -2.36. The van der Waals surface area contributed by atoms with Crippen LogP contribution in [0.5, 0.6) is 0 Å². The van der Waals surface area contributed by atoms with Gasteiger partial charge in [0.2, 0.25) is 11.9 Å². The molecule has 1 aliphatic rings. The largest absolute Gasteiger partial charge is 0.368 e. The van der Waals surface area contributed by atoms with Crippen LogP contribution in [0.25, 0.3) is 22.3 Å². The minimum absolute atomic E-state index is 0.107. The summed E-state index contributed by atoms with van der Waals surface area (Å²) in [7, 11) is 0. The molecule has 1 unspecified atom stereocenters. The highest BCUT2D eigenvalue weighted by molar-refractivity contribution is 5.99. The van der Waals surface area contributed by atoms with Crippen LogP contribution >= 0.6 is 0 Å². The Kier molecular flexibility index (Phi) is 5.95. The van der Waals surface area contributed by atoms with Gasteiger partial charge in [-0.2, -0.15) is 10.2 Å². The second-order valence-electron chi connectivity index (χ2n) is 8.40. The Morgan fingerprint density at radius 3 is 2.83 bits per heavy atom. The number of nitrogens with zero attached hydrogens (tertiary/aromatic N) is 5. The molecule has 5 rings (SSSR count). The predicted molar refractivity (Wildman–Crippen MR) is 136 cm³/mol. The third-order valence-corrected chi connectivity index (χ3v) is 5.97. The molecule has 0 spiro atoms. The molecule has 1 saturated heterocycles. The number of anilines is 3. The van der Waals surface area contributed by atoms with E-state index in [1.807, 2.05) is 66.4 Å². The number of benzene rings is 2. The first-order valence-electron chi connectivity index (χ1n) is 11.3. The van der Waals surface area contributed by atoms with Gasteiger partial charge in [-0.3, -0.25) is 4.79 Å². The lowest BCUT2D eigenvalue weighted by molar-refractivity contribution is -0.117. The zero-order valence-corrected chi connectivity index (χ0v) is 19.2. The Hall–Kier alpha value is -4.55. The second-order valence-corrected chi connectivity index (χ2v) is 8.40. The minimum atomic E-state index is -0.529. The molecule has 0 saturated carbocycles. The summed E-state index contributed by atoms with van der Waals surface area (Å²) < 4.78 is 0. The number of carbonyl (C=O) groups excluding carboxylic acids is 1. The summed E-state index contributed by atoms with van der Waals surface area (Å²) in [6.07, 6.45) is 0. The van der Waals surface area contributed by atoms with E-state index in [9.17, 15) is 10.1 Å². The molecule has 1 amide bonds. The van der Waals surface area contributed by atoms with Gasteiger partial charge in [0.1, 0.15) is 11.6 Å². The highest BCUT2D eigenvalue weighted by Gasteiger charge is 2.32. The van der Waals surface area contributed by atoms with Crippen LogP contribution < -0.4 is 21.3 Å². The van der Waals surface area contributed by atoms with Gasteiger partial charge in [-0.15, -0.1) is 0 Å². The molecule has 4 aromatic rings. The van der Waals surface area contributed by atoms with E-state index in [0.29, 0.717) is 53.3 Å². The van der Waals surface area contributed by atoms with E-state index in [2.05, 4.69) is 26.7 Å². The van der Waals surface area contributed by atoms with Crippen LogP contribution in [0, 0.1) is 18.3 Å². The molecule has 35 heavy (non-hydrogen) atoms. The van der Waals surface area contributed by atoms with Crippen LogP contribution in [0.2, 0.25) is 0 Å². The third-order valence-electron chi connectivity index (χ3n) is 5.97. The van der Waals surface area contributed by atoms with Crippen molar-refractivity contribution in [2.24, 2.45) is 0 Å². The van der Waals surface area contributed by atoms with E-state index in [1.54, 1.807) is 6.07 Å². The predicted octanol–water partition coefficient (Wildman–Crippen LogP) is 2.87. The Morgan fingerprint density at radius 2 is 2.00 bits per heavy atom. The fourth-order valence-electron chi connectivity index (χ4n) is 4.31. The van der Waals surface area contributed by atoms with Gasteiger partial charge in [0, 0.05) is 30.9 Å². The molecule has 2 aromatic heterocycles. The van der Waals surface area contributed by atoms with Crippen LogP contribution in [0.1, 0.15) is 11.1 Å². The van der Waals surface area contributed by atoms with Crippen molar-refractivity contribution in [1.82, 2.24) is 20.3 Å². The number of nitrogens with two attached hydrogens (primary N) is 1. The summed E-state index contributed by atoms with van der Waals surface area (Å²) in [6, 6.07) is 20.3. The molecule has 3 heterocycles. The zero-order valence-electron chi connectivity index (χ0n) is 19.2. The van der Waals surface area contributed by atoms with E-state index in [0.717, 1.165) is 11.3 Å². The van der Waals surface area contributed by atoms with Gasteiger partial charge in [-0.25, -0.2) is 9.97 Å². The van der Waals surface area contributed by atoms with Crippen LogP contribution in [0.4, 0.5) is 17.5 Å². The molecule has 0 aliphatic carbocycles. The molecular weight excluding hydrogens is 440 g/mol. The van der Waals surface area contributed by atoms with Gasteiger partial charge in [0.25, 0.3) is 0 Å². The molecule has 9 nitrogen and oxygen atoms in total. The SMILES string of the molecule is Cc1cccc(NC(=O)C2CNCCN2c2nc(N)nc3ccc(-c4ccccc4C#N)nc23)c1. The van der Waals surface area contributed by atoms with E-state index in [4.69, 9.17) is 10.7 Å². The average molecular weight is 465 g/mol. The molecule has 174 valence electrons. The zero-order chi connectivity index (χ0) is 24.4. The van der Waals surface area contributed by atoms with Crippen molar-refractivity contribution in [1.29, 1.82) is 5.26 Å². The first-order chi connectivity index (χ1) is 17.0. The fraction of sp³-hybridized carbons (Fsp3) is 0.192. The Labute approximate surface area is 202 Å². The number of pyridine rings is 1. The lowest BCUT2D eigenvalue weighted by atomic mass is 10.0. The van der Waals surface area contributed by atoms with Crippen molar-refractivity contribution in [2.45, 2.75) is 13.0 Å². The van der Waals surface area contributed by atoms with Crippen molar-refractivity contribution in [2.75, 3.05) is 35.6 Å². The smallest absolute Gasteiger partial charge is 0.248 e. The van der Waals surface area contributed by atoms with Gasteiger partial charge < -0.3 is 21.3 Å². The van der Waals surface area contributed by atoms with Crippen LogP contribution in [-0.2, 0) is 4.79 Å². The maximum atomic E-state index is 13.3. The summed E-state index contributed by atoms with van der Waals surface area (Å²) in [5.41, 5.74) is 10.8. The second kappa shape index (κ2) is 9.37. The van der Waals surface area contributed by atoms with Gasteiger partial charge >= 0.3 is 0 Å². The normalized spacial score (nSPS) is 15.5. The van der Waals surface area contributed by atoms with Crippen LogP contribution in [-0.4, -0.2) is 46.5 Å². The maximum Gasteiger partial charge on any atom is 0.248 e. The summed E-state index contributed by atoms with van der Waals surface area (Å²) >= 11 is 0. The van der Waals surface area contributed by atoms with Gasteiger partial charge in [0.15, 0.2) is 5.82 Å². The number of aryl methyl sites for hydroxylation is 1. The van der Waals surface area contributed by atoms with Crippen molar-refractivity contribution >= 4 is 34.4 Å². The van der Waals surface area contributed by atoms with E-state index >= 15 is 0 Å². The molecule has 1 fully saturated rings. The Bertz CT molecular complexity index is 1460. The first-order valence-corrected chi connectivity index (χ1v) is 11.3. The summed E-state index contributed by atoms with van der Waals surface area (Å²) in [6.45, 7) is 3.64. The number of fused-ring (bicyclic) bond motifs is 1. The summed E-state index contributed by atoms with van der Waals surface area (Å²) in [4.78, 5) is 29.0. The van der Waals surface area contributed by atoms with Crippen molar-refractivity contribution in [3.05, 3.63) is 71.8 Å². The number of rotatable bonds is 4. The minimum Gasteiger partial charge on any atom is -0.368 e. The Morgan fingerprint density at radius 1 is 1.14 bits per heavy atom. The fourth-order valence-corrected chi connectivity index (χ4v) is 4.31. The average Bonchev–Trinajstić information content (AvgIpc) is 2.88. The summed E-state index contributed by atoms with van der Waals surface area (Å²) in [5, 5.41) is 15.9. The number of nitriles is 1. The van der Waals surface area contributed by atoms with Crippen molar-refractivity contribution in [3.63, 3.8) is 0 Å². The number of nitrogen functional groups attached to an aromatic ring is 1. The van der Waals surface area contributed by atoms with E-state index < -0.39 is 6.04 Å². The first kappa shape index (κ1) is 22.3. The van der Waals surface area contributed by atoms with Crippen molar-refractivity contribution < 1.29 is 4.79 Å². The van der Waals surface area contributed by atoms with Crippen LogP contribution in [0.3, 0.4) is 0 Å². The molecule has 4 N–H and O–H groups in total. The van der Waals surface area contributed by atoms with E-state index in [-0.39, 0.29) is 11.9 Å². The monoisotopic (exact) mass is 464 g/mol. The number of carbonyl (C=O) groups is 1. The van der Waals surface area contributed by atoms with Gasteiger partial charge in [0.05, 0.1) is 22.8 Å². The molecule has 0 radical (unpaired) electrons. The molecule has 9 heteroatoms. The molecule has 2 aromatic carbocycles. The molecular formula is C26H24N8O. The molecule has 0 bridgehead atoms. The summed E-state index contributed by atoms with van der Waals surface area (Å²) in [5.74, 6) is 0.449.